The molecule has 1 rings (SSSR count). The van der Waals surface area contributed by atoms with Gasteiger partial charge in [-0.1, -0.05) is 0 Å². The van der Waals surface area contributed by atoms with E-state index in [0.717, 1.165) is 4.88 Å². The number of rotatable bonds is 6. The Kier molecular flexibility index (Phi) is 4.67. The van der Waals surface area contributed by atoms with E-state index in [9.17, 15) is 4.79 Å². The van der Waals surface area contributed by atoms with Gasteiger partial charge < -0.3 is 10.4 Å². The van der Waals surface area contributed by atoms with Crippen molar-refractivity contribution in [3.8, 4) is 6.07 Å². The van der Waals surface area contributed by atoms with Crippen LogP contribution in [0.25, 0.3) is 0 Å². The predicted octanol–water partition coefficient (Wildman–Crippen LogP) is 2.21. The number of hydrogen-bond acceptors (Lipinski definition) is 4. The quantitative estimate of drug-likeness (QED) is 0.761. The third-order valence-corrected chi connectivity index (χ3v) is 3.57. The number of nitrogens with one attached hydrogen (secondary N) is 1. The van der Waals surface area contributed by atoms with Crippen LogP contribution in [0.4, 0.5) is 0 Å². The zero-order chi connectivity index (χ0) is 12.9. The first-order chi connectivity index (χ1) is 7.95. The fourth-order valence-corrected chi connectivity index (χ4v) is 2.03. The molecule has 0 aliphatic heterocycles. The summed E-state index contributed by atoms with van der Waals surface area (Å²) in [6, 6.07) is 5.80. The number of aliphatic carboxylic acids is 1. The summed E-state index contributed by atoms with van der Waals surface area (Å²) in [6.07, 6.45) is 0.582. The van der Waals surface area contributed by atoms with Gasteiger partial charge in [-0.05, 0) is 38.9 Å². The first-order valence-electron chi connectivity index (χ1n) is 5.38. The molecule has 0 saturated carbocycles. The minimum atomic E-state index is -0.776. The monoisotopic (exact) mass is 252 g/mol. The molecule has 17 heavy (non-hydrogen) atoms. The summed E-state index contributed by atoms with van der Waals surface area (Å²) in [6.45, 7) is 4.77. The molecule has 0 saturated heterocycles. The molecule has 2 N–H and O–H groups in total. The lowest BCUT2D eigenvalue weighted by Gasteiger charge is -2.18. The molecule has 0 radical (unpaired) electrons. The molecule has 5 heteroatoms. The lowest BCUT2D eigenvalue weighted by atomic mass is 9.90. The van der Waals surface area contributed by atoms with Crippen LogP contribution in [0.5, 0.6) is 0 Å². The smallest absolute Gasteiger partial charge is 0.309 e. The largest absolute Gasteiger partial charge is 0.481 e. The minimum absolute atomic E-state index is 0.582. The average Bonchev–Trinajstić information content (AvgIpc) is 2.72. The molecule has 0 atom stereocenters. The van der Waals surface area contributed by atoms with Crippen LogP contribution < -0.4 is 5.32 Å². The third kappa shape index (κ3) is 4.17. The van der Waals surface area contributed by atoms with Crippen molar-refractivity contribution in [2.45, 2.75) is 26.8 Å². The number of carbonyl (C=O) groups is 1. The van der Waals surface area contributed by atoms with Gasteiger partial charge in [0.25, 0.3) is 0 Å². The maximum Gasteiger partial charge on any atom is 0.309 e. The molecule has 0 aromatic carbocycles. The highest BCUT2D eigenvalue weighted by atomic mass is 32.1. The molecule has 0 fully saturated rings. The van der Waals surface area contributed by atoms with Gasteiger partial charge in [-0.15, -0.1) is 11.3 Å². The molecule has 0 unspecified atom stereocenters. The second kappa shape index (κ2) is 5.80. The molecule has 0 spiro atoms. The number of nitriles is 1. The van der Waals surface area contributed by atoms with E-state index < -0.39 is 11.4 Å². The number of carboxylic acids is 1. The van der Waals surface area contributed by atoms with Gasteiger partial charge in [-0.3, -0.25) is 4.79 Å². The highest BCUT2D eigenvalue weighted by molar-refractivity contribution is 7.12. The Morgan fingerprint density at radius 1 is 1.59 bits per heavy atom. The molecule has 0 aliphatic carbocycles. The molecule has 0 bridgehead atoms. The fourth-order valence-electron chi connectivity index (χ4n) is 1.25. The molecular weight excluding hydrogens is 236 g/mol. The van der Waals surface area contributed by atoms with Crippen LogP contribution in [0, 0.1) is 16.7 Å². The second-order valence-corrected chi connectivity index (χ2v) is 5.66. The van der Waals surface area contributed by atoms with Gasteiger partial charge in [0, 0.05) is 11.4 Å². The van der Waals surface area contributed by atoms with Crippen LogP contribution in [0.1, 0.15) is 30.0 Å². The first kappa shape index (κ1) is 13.7. The van der Waals surface area contributed by atoms with E-state index in [1.807, 2.05) is 6.07 Å². The van der Waals surface area contributed by atoms with Crippen LogP contribution in [-0.4, -0.2) is 17.6 Å². The zero-order valence-corrected chi connectivity index (χ0v) is 10.8. The number of nitrogens with zero attached hydrogens (tertiary/aromatic N) is 1. The zero-order valence-electron chi connectivity index (χ0n) is 9.99. The van der Waals surface area contributed by atoms with Gasteiger partial charge in [0.05, 0.1) is 5.41 Å². The Morgan fingerprint density at radius 3 is 2.82 bits per heavy atom. The van der Waals surface area contributed by atoms with Crippen molar-refractivity contribution in [1.82, 2.24) is 5.32 Å². The standard InChI is InChI=1S/C12H16N2O2S/c1-12(2,11(15)16)5-6-14-8-10-4-3-9(7-13)17-10/h3-4,14H,5-6,8H2,1-2H3,(H,15,16). The van der Waals surface area contributed by atoms with Gasteiger partial charge >= 0.3 is 5.97 Å². The lowest BCUT2D eigenvalue weighted by Crippen LogP contribution is -2.28. The Labute approximate surface area is 105 Å². The fraction of sp³-hybridized carbons (Fsp3) is 0.500. The van der Waals surface area contributed by atoms with Crippen molar-refractivity contribution in [1.29, 1.82) is 5.26 Å². The average molecular weight is 252 g/mol. The number of hydrogen-bond donors (Lipinski definition) is 2. The molecule has 1 aromatic rings. The van der Waals surface area contributed by atoms with Gasteiger partial charge in [0.15, 0.2) is 0 Å². The van der Waals surface area contributed by atoms with E-state index in [0.29, 0.717) is 24.4 Å². The SMILES string of the molecule is CC(C)(CCNCc1ccc(C#N)s1)C(=O)O. The van der Waals surface area contributed by atoms with Crippen molar-refractivity contribution < 1.29 is 9.90 Å². The van der Waals surface area contributed by atoms with Gasteiger partial charge in [-0.25, -0.2) is 0 Å². The van der Waals surface area contributed by atoms with Gasteiger partial charge in [0.1, 0.15) is 10.9 Å². The van der Waals surface area contributed by atoms with Crippen molar-refractivity contribution in [2.24, 2.45) is 5.41 Å². The van der Waals surface area contributed by atoms with Gasteiger partial charge in [0.2, 0.25) is 0 Å². The summed E-state index contributed by atoms with van der Waals surface area (Å²) in [5.74, 6) is -0.776. The normalized spacial score (nSPS) is 11.1. The van der Waals surface area contributed by atoms with Crippen molar-refractivity contribution in [3.05, 3.63) is 21.9 Å². The second-order valence-electron chi connectivity index (χ2n) is 4.49. The van der Waals surface area contributed by atoms with Crippen molar-refractivity contribution in [3.63, 3.8) is 0 Å². The third-order valence-electron chi connectivity index (χ3n) is 2.58. The molecule has 4 nitrogen and oxygen atoms in total. The Morgan fingerprint density at radius 2 is 2.29 bits per heavy atom. The Bertz CT molecular complexity index is 432. The summed E-state index contributed by atoms with van der Waals surface area (Å²) in [5, 5.41) is 20.8. The number of carboxylic acid groups (broad SMARTS) is 1. The van der Waals surface area contributed by atoms with E-state index in [4.69, 9.17) is 10.4 Å². The molecule has 92 valence electrons. The van der Waals surface area contributed by atoms with E-state index in [-0.39, 0.29) is 0 Å². The topological polar surface area (TPSA) is 73.1 Å². The maximum absolute atomic E-state index is 10.9. The van der Waals surface area contributed by atoms with Crippen LogP contribution in [0.15, 0.2) is 12.1 Å². The van der Waals surface area contributed by atoms with Crippen LogP contribution in [-0.2, 0) is 11.3 Å². The summed E-state index contributed by atoms with van der Waals surface area (Å²) in [7, 11) is 0. The highest BCUT2D eigenvalue weighted by Crippen LogP contribution is 2.20. The molecule has 0 aliphatic rings. The minimum Gasteiger partial charge on any atom is -0.481 e. The van der Waals surface area contributed by atoms with Crippen LogP contribution in [0.3, 0.4) is 0 Å². The number of thiophene rings is 1. The molecule has 1 aromatic heterocycles. The lowest BCUT2D eigenvalue weighted by molar-refractivity contribution is -0.147. The predicted molar refractivity (Wildman–Crippen MR) is 66.8 cm³/mol. The summed E-state index contributed by atoms with van der Waals surface area (Å²) in [5.41, 5.74) is -0.694. The highest BCUT2D eigenvalue weighted by Gasteiger charge is 2.25. The van der Waals surface area contributed by atoms with E-state index >= 15 is 0 Å². The van der Waals surface area contributed by atoms with Gasteiger partial charge in [-0.2, -0.15) is 5.26 Å². The summed E-state index contributed by atoms with van der Waals surface area (Å²) >= 11 is 1.46. The molecule has 0 amide bonds. The van der Waals surface area contributed by atoms with E-state index in [1.54, 1.807) is 19.9 Å². The van der Waals surface area contributed by atoms with E-state index in [1.165, 1.54) is 11.3 Å². The Balaban J connectivity index is 2.30. The maximum atomic E-state index is 10.9. The van der Waals surface area contributed by atoms with Crippen LogP contribution >= 0.6 is 11.3 Å². The molecule has 1 heterocycles. The Hall–Kier alpha value is -1.38. The van der Waals surface area contributed by atoms with Crippen molar-refractivity contribution >= 4 is 17.3 Å². The van der Waals surface area contributed by atoms with Crippen molar-refractivity contribution in [2.75, 3.05) is 6.54 Å². The first-order valence-corrected chi connectivity index (χ1v) is 6.20. The van der Waals surface area contributed by atoms with E-state index in [2.05, 4.69) is 11.4 Å². The summed E-state index contributed by atoms with van der Waals surface area (Å²) in [4.78, 5) is 12.7. The summed E-state index contributed by atoms with van der Waals surface area (Å²) < 4.78 is 0. The molecular formula is C12H16N2O2S. The van der Waals surface area contributed by atoms with Crippen LogP contribution in [0.2, 0.25) is 0 Å².